The number of hydrogen-bond acceptors (Lipinski definition) is 2. The van der Waals surface area contributed by atoms with Gasteiger partial charge in [-0.2, -0.15) is 0 Å². The molecule has 1 rings (SSSR count). The number of amides is 1. The summed E-state index contributed by atoms with van der Waals surface area (Å²) in [7, 11) is 0. The molecule has 1 aliphatic rings. The molecule has 1 saturated heterocycles. The van der Waals surface area contributed by atoms with Crippen molar-refractivity contribution in [2.45, 2.75) is 45.6 Å². The average molecular weight is 198 g/mol. The van der Waals surface area contributed by atoms with Crippen LogP contribution in [-0.4, -0.2) is 36.5 Å². The third-order valence-corrected chi connectivity index (χ3v) is 2.66. The van der Waals surface area contributed by atoms with Crippen LogP contribution < -0.4 is 5.32 Å². The summed E-state index contributed by atoms with van der Waals surface area (Å²) in [6, 6.07) is 0.105. The minimum Gasteiger partial charge on any atom is -0.341 e. The Hall–Kier alpha value is -0.570. The van der Waals surface area contributed by atoms with Crippen LogP contribution in [0.3, 0.4) is 0 Å². The Kier molecular flexibility index (Phi) is 4.94. The van der Waals surface area contributed by atoms with E-state index in [4.69, 9.17) is 0 Å². The van der Waals surface area contributed by atoms with Gasteiger partial charge in [0.15, 0.2) is 0 Å². The zero-order valence-electron chi connectivity index (χ0n) is 9.38. The summed E-state index contributed by atoms with van der Waals surface area (Å²) in [5.41, 5.74) is 0. The van der Waals surface area contributed by atoms with E-state index in [1.807, 2.05) is 4.90 Å². The second-order valence-corrected chi connectivity index (χ2v) is 3.97. The van der Waals surface area contributed by atoms with E-state index in [9.17, 15) is 4.79 Å². The van der Waals surface area contributed by atoms with Crippen LogP contribution in [0.15, 0.2) is 0 Å². The maximum Gasteiger partial charge on any atom is 0.239 e. The summed E-state index contributed by atoms with van der Waals surface area (Å²) in [6.07, 6.45) is 4.27. The van der Waals surface area contributed by atoms with Crippen LogP contribution in [0.1, 0.15) is 39.5 Å². The van der Waals surface area contributed by atoms with Gasteiger partial charge in [0.2, 0.25) is 5.91 Å². The van der Waals surface area contributed by atoms with Gasteiger partial charge in [-0.1, -0.05) is 13.8 Å². The highest BCUT2D eigenvalue weighted by atomic mass is 16.2. The predicted octanol–water partition coefficient (Wildman–Crippen LogP) is 1.39. The van der Waals surface area contributed by atoms with Crippen molar-refractivity contribution in [1.29, 1.82) is 0 Å². The molecule has 0 aromatic rings. The number of nitrogens with zero attached hydrogens (tertiary/aromatic N) is 1. The van der Waals surface area contributed by atoms with Crippen molar-refractivity contribution in [3.63, 3.8) is 0 Å². The van der Waals surface area contributed by atoms with E-state index in [1.54, 1.807) is 0 Å². The van der Waals surface area contributed by atoms with E-state index in [-0.39, 0.29) is 6.04 Å². The monoisotopic (exact) mass is 198 g/mol. The van der Waals surface area contributed by atoms with E-state index in [0.717, 1.165) is 45.3 Å². The molecule has 1 atom stereocenters. The van der Waals surface area contributed by atoms with E-state index in [2.05, 4.69) is 19.2 Å². The molecule has 1 heterocycles. The largest absolute Gasteiger partial charge is 0.341 e. The topological polar surface area (TPSA) is 32.3 Å². The number of nitrogens with one attached hydrogen (secondary N) is 1. The molecule has 0 aromatic carbocycles. The Morgan fingerprint density at radius 2 is 2.00 bits per heavy atom. The molecule has 0 aromatic heterocycles. The predicted molar refractivity (Wildman–Crippen MR) is 58.2 cm³/mol. The second-order valence-electron chi connectivity index (χ2n) is 3.97. The quantitative estimate of drug-likeness (QED) is 0.724. The lowest BCUT2D eigenvalue weighted by Crippen LogP contribution is -2.44. The zero-order chi connectivity index (χ0) is 10.4. The Balaban J connectivity index is 2.43. The summed E-state index contributed by atoms with van der Waals surface area (Å²) in [4.78, 5) is 14.0. The molecule has 0 aliphatic carbocycles. The van der Waals surface area contributed by atoms with Gasteiger partial charge in [-0.05, 0) is 32.2 Å². The van der Waals surface area contributed by atoms with Crippen molar-refractivity contribution in [3.8, 4) is 0 Å². The smallest absolute Gasteiger partial charge is 0.239 e. The molecule has 14 heavy (non-hydrogen) atoms. The second kappa shape index (κ2) is 6.02. The Labute approximate surface area is 86.9 Å². The fraction of sp³-hybridized carbons (Fsp3) is 0.909. The molecule has 82 valence electrons. The molecule has 1 amide bonds. The first-order chi connectivity index (χ1) is 6.79. The molecule has 0 radical (unpaired) electrons. The molecule has 1 aliphatic heterocycles. The molecule has 3 nitrogen and oxygen atoms in total. The fourth-order valence-corrected chi connectivity index (χ4v) is 1.99. The number of hydrogen-bond donors (Lipinski definition) is 1. The zero-order valence-corrected chi connectivity index (χ0v) is 9.38. The molecule has 0 bridgehead atoms. The minimum absolute atomic E-state index is 0.105. The van der Waals surface area contributed by atoms with Crippen molar-refractivity contribution in [1.82, 2.24) is 10.2 Å². The highest BCUT2D eigenvalue weighted by molar-refractivity contribution is 5.82. The van der Waals surface area contributed by atoms with E-state index >= 15 is 0 Å². The van der Waals surface area contributed by atoms with Gasteiger partial charge in [0.1, 0.15) is 0 Å². The Bertz CT molecular complexity index is 170. The third kappa shape index (κ3) is 2.98. The average Bonchev–Trinajstić information content (AvgIpc) is 2.69. The van der Waals surface area contributed by atoms with Crippen molar-refractivity contribution in [2.24, 2.45) is 0 Å². The summed E-state index contributed by atoms with van der Waals surface area (Å²) < 4.78 is 0. The van der Waals surface area contributed by atoms with Crippen LogP contribution in [0, 0.1) is 0 Å². The SMILES string of the molecule is CCCN(CCC)C(=O)C1CCCN1. The molecule has 3 heteroatoms. The van der Waals surface area contributed by atoms with Gasteiger partial charge in [-0.15, -0.1) is 0 Å². The molecular formula is C11H22N2O. The minimum atomic E-state index is 0.105. The van der Waals surface area contributed by atoms with Gasteiger partial charge in [0.05, 0.1) is 6.04 Å². The normalized spacial score (nSPS) is 21.1. The first-order valence-corrected chi connectivity index (χ1v) is 5.81. The van der Waals surface area contributed by atoms with Crippen molar-refractivity contribution in [2.75, 3.05) is 19.6 Å². The summed E-state index contributed by atoms with van der Waals surface area (Å²) >= 11 is 0. The molecule has 1 fully saturated rings. The lowest BCUT2D eigenvalue weighted by atomic mass is 10.2. The molecule has 1 unspecified atom stereocenters. The fourth-order valence-electron chi connectivity index (χ4n) is 1.99. The van der Waals surface area contributed by atoms with Crippen molar-refractivity contribution in [3.05, 3.63) is 0 Å². The number of carbonyl (C=O) groups is 1. The summed E-state index contributed by atoms with van der Waals surface area (Å²) in [5, 5.41) is 3.26. The Morgan fingerprint density at radius 3 is 2.43 bits per heavy atom. The first kappa shape index (κ1) is 11.5. The third-order valence-electron chi connectivity index (χ3n) is 2.66. The highest BCUT2D eigenvalue weighted by Crippen LogP contribution is 2.09. The summed E-state index contributed by atoms with van der Waals surface area (Å²) in [5.74, 6) is 0.311. The van der Waals surface area contributed by atoms with Crippen LogP contribution >= 0.6 is 0 Å². The molecule has 0 saturated carbocycles. The Morgan fingerprint density at radius 1 is 1.36 bits per heavy atom. The van der Waals surface area contributed by atoms with Gasteiger partial charge in [-0.3, -0.25) is 4.79 Å². The van der Waals surface area contributed by atoms with Gasteiger partial charge < -0.3 is 10.2 Å². The molecule has 1 N–H and O–H groups in total. The van der Waals surface area contributed by atoms with Crippen LogP contribution in [-0.2, 0) is 4.79 Å². The number of rotatable bonds is 5. The lowest BCUT2D eigenvalue weighted by molar-refractivity contribution is -0.133. The van der Waals surface area contributed by atoms with Crippen LogP contribution in [0.2, 0.25) is 0 Å². The maximum atomic E-state index is 12.0. The van der Waals surface area contributed by atoms with Gasteiger partial charge >= 0.3 is 0 Å². The van der Waals surface area contributed by atoms with Gasteiger partial charge in [0, 0.05) is 13.1 Å². The van der Waals surface area contributed by atoms with E-state index < -0.39 is 0 Å². The van der Waals surface area contributed by atoms with Crippen molar-refractivity contribution < 1.29 is 4.79 Å². The lowest BCUT2D eigenvalue weighted by Gasteiger charge is -2.24. The van der Waals surface area contributed by atoms with E-state index in [1.165, 1.54) is 0 Å². The highest BCUT2D eigenvalue weighted by Gasteiger charge is 2.25. The number of carbonyl (C=O) groups excluding carboxylic acids is 1. The van der Waals surface area contributed by atoms with E-state index in [0.29, 0.717) is 5.91 Å². The van der Waals surface area contributed by atoms with Crippen LogP contribution in [0.5, 0.6) is 0 Å². The molecular weight excluding hydrogens is 176 g/mol. The standard InChI is InChI=1S/C11H22N2O/c1-3-8-13(9-4-2)11(14)10-6-5-7-12-10/h10,12H,3-9H2,1-2H3. The van der Waals surface area contributed by atoms with Crippen LogP contribution in [0.4, 0.5) is 0 Å². The molecule has 0 spiro atoms. The first-order valence-electron chi connectivity index (χ1n) is 5.81. The van der Waals surface area contributed by atoms with Crippen LogP contribution in [0.25, 0.3) is 0 Å². The van der Waals surface area contributed by atoms with Gasteiger partial charge in [-0.25, -0.2) is 0 Å². The maximum absolute atomic E-state index is 12.0. The van der Waals surface area contributed by atoms with Gasteiger partial charge in [0.25, 0.3) is 0 Å². The summed E-state index contributed by atoms with van der Waals surface area (Å²) in [6.45, 7) is 7.06. The van der Waals surface area contributed by atoms with Crippen molar-refractivity contribution >= 4 is 5.91 Å².